The second kappa shape index (κ2) is 17.5. The van der Waals surface area contributed by atoms with Crippen molar-refractivity contribution in [1.82, 2.24) is 24.8 Å². The second-order valence-corrected chi connectivity index (χ2v) is 14.0. The van der Waals surface area contributed by atoms with Crippen molar-refractivity contribution in [3.63, 3.8) is 0 Å². The highest BCUT2D eigenvalue weighted by Crippen LogP contribution is 2.40. The first-order valence-electron chi connectivity index (χ1n) is 15.8. The summed E-state index contributed by atoms with van der Waals surface area (Å²) in [6.45, 7) is 1.79. The summed E-state index contributed by atoms with van der Waals surface area (Å²) in [6.07, 6.45) is 5.40. The Kier molecular flexibility index (Phi) is 13.2. The largest absolute Gasteiger partial charge is 0.370 e. The molecule has 2 fully saturated rings. The molecule has 4 amide bonds. The lowest BCUT2D eigenvalue weighted by molar-refractivity contribution is 0.261. The Bertz CT molecular complexity index is 1840. The number of amides is 4. The molecule has 2 aromatic carbocycles. The molecule has 4 aromatic rings. The molecular weight excluding hydrogens is 746 g/mol. The zero-order valence-corrected chi connectivity index (χ0v) is 30.9. The molecule has 12 nitrogen and oxygen atoms in total. The van der Waals surface area contributed by atoms with E-state index >= 15 is 0 Å². The van der Waals surface area contributed by atoms with E-state index in [1.54, 1.807) is 42.5 Å². The van der Waals surface area contributed by atoms with E-state index in [0.717, 1.165) is 62.4 Å². The van der Waals surface area contributed by atoms with Gasteiger partial charge in [0.2, 0.25) is 11.9 Å². The van der Waals surface area contributed by atoms with Gasteiger partial charge in [0, 0.05) is 35.8 Å². The molecule has 2 aliphatic rings. The van der Waals surface area contributed by atoms with Crippen LogP contribution in [0.3, 0.4) is 0 Å². The number of anilines is 5. The summed E-state index contributed by atoms with van der Waals surface area (Å²) >= 11 is 29.5. The molecule has 0 aliphatic heterocycles. The number of urea groups is 2. The Balaban J connectivity index is 0.000000200. The summed E-state index contributed by atoms with van der Waals surface area (Å²) in [5, 5.41) is 15.8. The summed E-state index contributed by atoms with van der Waals surface area (Å²) in [6, 6.07) is 12.4. The molecule has 0 unspecified atom stereocenters. The molecule has 0 radical (unpaired) electrons. The smallest absolute Gasteiger partial charge is 0.326 e. The molecule has 0 saturated heterocycles. The first-order valence-corrected chi connectivity index (χ1v) is 17.7. The maximum absolute atomic E-state index is 12.3. The molecule has 0 atom stereocenters. The van der Waals surface area contributed by atoms with Crippen LogP contribution in [0.2, 0.25) is 25.2 Å². The SMILES string of the molecule is CN(C)CCCNc1cc(C2CC2)nc(NC(=O)Nc2ccc(Cl)c(Cl)c2)n1.O=C(Nc1ccc(Cl)c(Cl)c1)Nc1nc(Cl)cc(C2CC2)n1. The van der Waals surface area contributed by atoms with Crippen molar-refractivity contribution in [2.75, 3.05) is 53.8 Å². The van der Waals surface area contributed by atoms with E-state index in [1.807, 2.05) is 20.2 Å². The lowest BCUT2D eigenvalue weighted by atomic mass is 10.2. The van der Waals surface area contributed by atoms with Gasteiger partial charge in [0.05, 0.1) is 31.5 Å². The van der Waals surface area contributed by atoms with Gasteiger partial charge in [-0.1, -0.05) is 58.0 Å². The minimum absolute atomic E-state index is 0.173. The number of aromatic nitrogens is 4. The molecule has 17 heteroatoms. The number of benzene rings is 2. The third-order valence-corrected chi connectivity index (χ3v) is 9.02. The van der Waals surface area contributed by atoms with Crippen molar-refractivity contribution in [1.29, 1.82) is 0 Å². The number of rotatable bonds is 11. The van der Waals surface area contributed by atoms with E-state index in [2.05, 4.69) is 51.4 Å². The van der Waals surface area contributed by atoms with Crippen LogP contribution < -0.4 is 26.6 Å². The first kappa shape index (κ1) is 37.6. The number of nitrogens with one attached hydrogen (secondary N) is 5. The lowest BCUT2D eigenvalue weighted by Gasteiger charge is -2.13. The fourth-order valence-electron chi connectivity index (χ4n) is 4.57. The molecule has 50 heavy (non-hydrogen) atoms. The predicted octanol–water partition coefficient (Wildman–Crippen LogP) is 9.63. The molecule has 5 N–H and O–H groups in total. The van der Waals surface area contributed by atoms with E-state index in [9.17, 15) is 9.59 Å². The van der Waals surface area contributed by atoms with Gasteiger partial charge < -0.3 is 20.9 Å². The van der Waals surface area contributed by atoms with E-state index in [4.69, 9.17) is 58.0 Å². The standard InChI is InChI=1S/C19H24Cl2N6O.C14H11Cl3N4O/c1-27(2)9-3-8-22-17-11-16(12-4-5-12)24-18(25-17)26-19(28)23-13-6-7-14(20)15(21)10-13;15-9-4-3-8(5-10(9)16)18-14(22)21-13-19-11(7-1-2-7)6-12(17)20-13/h6-7,10-12H,3-5,8-9H2,1-2H3,(H3,22,23,24,25,26,28);3-7H,1-2H2,(H2,18,19,20,21,22). The zero-order valence-electron chi connectivity index (χ0n) is 27.2. The minimum Gasteiger partial charge on any atom is -0.370 e. The minimum atomic E-state index is -0.484. The average molecular weight is 781 g/mol. The van der Waals surface area contributed by atoms with Crippen molar-refractivity contribution in [3.8, 4) is 0 Å². The normalized spacial score (nSPS) is 13.6. The summed E-state index contributed by atoms with van der Waals surface area (Å²) < 4.78 is 0. The molecule has 6 rings (SSSR count). The van der Waals surface area contributed by atoms with Gasteiger partial charge in [0.25, 0.3) is 0 Å². The molecule has 2 aliphatic carbocycles. The number of halogens is 5. The van der Waals surface area contributed by atoms with Crippen molar-refractivity contribution >= 4 is 99.2 Å². The number of hydrogen-bond donors (Lipinski definition) is 5. The molecule has 0 bridgehead atoms. The van der Waals surface area contributed by atoms with E-state index in [0.29, 0.717) is 48.5 Å². The molecule has 2 aromatic heterocycles. The van der Waals surface area contributed by atoms with Crippen LogP contribution >= 0.6 is 58.0 Å². The lowest BCUT2D eigenvalue weighted by Crippen LogP contribution is -2.22. The van der Waals surface area contributed by atoms with E-state index < -0.39 is 12.1 Å². The van der Waals surface area contributed by atoms with Crippen LogP contribution in [-0.4, -0.2) is 64.1 Å². The Morgan fingerprint density at radius 2 is 1.16 bits per heavy atom. The number of carbonyl (C=O) groups excluding carboxylic acids is 2. The number of nitrogens with zero attached hydrogens (tertiary/aromatic N) is 5. The average Bonchev–Trinajstić information content (AvgIpc) is 3.96. The molecule has 264 valence electrons. The summed E-state index contributed by atoms with van der Waals surface area (Å²) in [7, 11) is 4.09. The fraction of sp³-hybridized carbons (Fsp3) is 0.333. The third-order valence-electron chi connectivity index (χ3n) is 7.35. The van der Waals surface area contributed by atoms with E-state index in [1.165, 1.54) is 0 Å². The van der Waals surface area contributed by atoms with Gasteiger partial charge in [-0.05, 0) is 95.2 Å². The topological polar surface area (TPSA) is 149 Å². The molecular formula is C33H35Cl5N10O2. The van der Waals surface area contributed by atoms with Crippen LogP contribution in [0.15, 0.2) is 48.5 Å². The predicted molar refractivity (Wildman–Crippen MR) is 203 cm³/mol. The highest BCUT2D eigenvalue weighted by molar-refractivity contribution is 6.42. The van der Waals surface area contributed by atoms with Gasteiger partial charge in [0.15, 0.2) is 0 Å². The maximum atomic E-state index is 12.3. The quantitative estimate of drug-likeness (QED) is 0.0747. The molecule has 2 heterocycles. The van der Waals surface area contributed by atoms with Crippen molar-refractivity contribution < 1.29 is 9.59 Å². The number of hydrogen-bond acceptors (Lipinski definition) is 8. The van der Waals surface area contributed by atoms with Crippen LogP contribution in [0, 0.1) is 0 Å². The Morgan fingerprint density at radius 3 is 1.64 bits per heavy atom. The van der Waals surface area contributed by atoms with Gasteiger partial charge in [-0.15, -0.1) is 0 Å². The summed E-state index contributed by atoms with van der Waals surface area (Å²) in [5.74, 6) is 2.03. The zero-order chi connectivity index (χ0) is 35.8. The molecule has 0 spiro atoms. The van der Waals surface area contributed by atoms with Crippen LogP contribution in [0.1, 0.15) is 55.3 Å². The van der Waals surface area contributed by atoms with Crippen LogP contribution in [0.5, 0.6) is 0 Å². The summed E-state index contributed by atoms with van der Waals surface area (Å²) in [5.41, 5.74) is 2.85. The van der Waals surface area contributed by atoms with Crippen LogP contribution in [-0.2, 0) is 0 Å². The monoisotopic (exact) mass is 778 g/mol. The second-order valence-electron chi connectivity index (χ2n) is 12.0. The van der Waals surface area contributed by atoms with Gasteiger partial charge in [0.1, 0.15) is 11.0 Å². The fourth-order valence-corrected chi connectivity index (χ4v) is 5.36. The highest BCUT2D eigenvalue weighted by Gasteiger charge is 2.27. The molecule has 2 saturated carbocycles. The van der Waals surface area contributed by atoms with Gasteiger partial charge in [-0.2, -0.15) is 4.98 Å². The van der Waals surface area contributed by atoms with Crippen molar-refractivity contribution in [2.45, 2.75) is 43.9 Å². The van der Waals surface area contributed by atoms with Crippen molar-refractivity contribution in [3.05, 3.63) is 85.2 Å². The van der Waals surface area contributed by atoms with Crippen molar-refractivity contribution in [2.24, 2.45) is 0 Å². The Hall–Kier alpha value is -3.65. The van der Waals surface area contributed by atoms with Crippen LogP contribution in [0.25, 0.3) is 0 Å². The van der Waals surface area contributed by atoms with Gasteiger partial charge in [-0.25, -0.2) is 24.5 Å². The number of carbonyl (C=O) groups is 2. The summed E-state index contributed by atoms with van der Waals surface area (Å²) in [4.78, 5) is 43.6. The van der Waals surface area contributed by atoms with E-state index in [-0.39, 0.29) is 11.9 Å². The third kappa shape index (κ3) is 12.0. The van der Waals surface area contributed by atoms with Gasteiger partial charge >= 0.3 is 12.1 Å². The van der Waals surface area contributed by atoms with Crippen LogP contribution in [0.4, 0.5) is 38.7 Å². The Labute approximate surface area is 315 Å². The van der Waals surface area contributed by atoms with Gasteiger partial charge in [-0.3, -0.25) is 10.6 Å². The first-order chi connectivity index (χ1) is 23.9. The highest BCUT2D eigenvalue weighted by atomic mass is 35.5. The Morgan fingerprint density at radius 1 is 0.660 bits per heavy atom. The maximum Gasteiger partial charge on any atom is 0.326 e.